The Bertz CT molecular complexity index is 1310. The summed E-state index contributed by atoms with van der Waals surface area (Å²) in [5.74, 6) is -1.81. The van der Waals surface area contributed by atoms with Gasteiger partial charge < -0.3 is 17.7 Å². The van der Waals surface area contributed by atoms with Gasteiger partial charge >= 0.3 is 12.1 Å². The van der Waals surface area contributed by atoms with Gasteiger partial charge in [-0.25, -0.2) is 9.50 Å². The van der Waals surface area contributed by atoms with Crippen molar-refractivity contribution in [1.29, 1.82) is 0 Å². The molecule has 0 radical (unpaired) electrons. The van der Waals surface area contributed by atoms with Crippen LogP contribution in [0.1, 0.15) is 6.42 Å². The van der Waals surface area contributed by atoms with Gasteiger partial charge in [0.1, 0.15) is 11.3 Å². The van der Waals surface area contributed by atoms with E-state index in [0.29, 0.717) is 17.1 Å². The second kappa shape index (κ2) is 8.38. The van der Waals surface area contributed by atoms with Crippen molar-refractivity contribution in [3.05, 3.63) is 48.7 Å². The number of hydrogen-bond donors (Lipinski definition) is 0. The smallest absolute Gasteiger partial charge is 0.471 e. The lowest BCUT2D eigenvalue weighted by molar-refractivity contribution is -0.169. The van der Waals surface area contributed by atoms with Crippen LogP contribution in [0, 0.1) is 0 Å². The number of benzene rings is 1. The highest BCUT2D eigenvalue weighted by Gasteiger charge is 2.36. The summed E-state index contributed by atoms with van der Waals surface area (Å²) in [5.41, 5.74) is 1.90. The molecular weight excluding hydrogens is 437 g/mol. The third-order valence-electron chi connectivity index (χ3n) is 4.16. The summed E-state index contributed by atoms with van der Waals surface area (Å²) in [6.07, 6.45) is -3.40. The predicted molar refractivity (Wildman–Crippen MR) is 105 cm³/mol. The molecule has 12 heteroatoms. The molecule has 0 unspecified atom stereocenters. The minimum Gasteiger partial charge on any atom is -0.477 e. The topological polar surface area (TPSA) is 99.1 Å². The zero-order valence-electron chi connectivity index (χ0n) is 15.7. The molecule has 0 N–H and O–H groups in total. The number of para-hydroxylation sites is 1. The zero-order valence-corrected chi connectivity index (χ0v) is 16.5. The largest absolute Gasteiger partial charge is 0.477 e. The van der Waals surface area contributed by atoms with E-state index in [1.165, 1.54) is 0 Å². The number of aromatic nitrogens is 3. The van der Waals surface area contributed by atoms with Gasteiger partial charge in [0.25, 0.3) is 0 Å². The van der Waals surface area contributed by atoms with E-state index in [-0.39, 0.29) is 24.7 Å². The normalized spacial score (nSPS) is 13.1. The van der Waals surface area contributed by atoms with E-state index in [1.54, 1.807) is 22.8 Å². The Morgan fingerprint density at radius 3 is 2.81 bits per heavy atom. The number of carbonyl (C=O) groups is 1. The van der Waals surface area contributed by atoms with Gasteiger partial charge in [0.05, 0.1) is 12.8 Å². The van der Waals surface area contributed by atoms with Gasteiger partial charge in [0.2, 0.25) is 5.88 Å². The summed E-state index contributed by atoms with van der Waals surface area (Å²) in [4.78, 5) is 15.0. The second-order valence-electron chi connectivity index (χ2n) is 6.36. The highest BCUT2D eigenvalue weighted by Crippen LogP contribution is 2.28. The summed E-state index contributed by atoms with van der Waals surface area (Å²) in [7, 11) is -2.28. The fourth-order valence-corrected chi connectivity index (χ4v) is 3.50. The van der Waals surface area contributed by atoms with Gasteiger partial charge in [-0.15, -0.1) is 5.10 Å². The molecule has 0 bridgehead atoms. The van der Waals surface area contributed by atoms with Crippen molar-refractivity contribution in [2.45, 2.75) is 12.6 Å². The lowest BCUT2D eigenvalue weighted by atomic mass is 10.2. The first kappa shape index (κ1) is 20.8. The van der Waals surface area contributed by atoms with Crippen LogP contribution in [0.4, 0.5) is 13.2 Å². The standard InChI is InChI=1S/C19H14F3N4O4S/c20-19(21,22)18(27)25-31(28)9-3-8-29-17-7-6-16-23-11-13(26(16)24-17)15-10-12-4-1-2-5-14(12)30-15/h1-2,4-7,10-11H,3,8-9H2/q-1. The van der Waals surface area contributed by atoms with Crippen molar-refractivity contribution in [2.75, 3.05) is 12.4 Å². The average molecular weight is 451 g/mol. The molecule has 0 fully saturated rings. The van der Waals surface area contributed by atoms with Gasteiger partial charge in [-0.2, -0.15) is 23.8 Å². The number of amides is 1. The van der Waals surface area contributed by atoms with Crippen LogP contribution in [0.5, 0.6) is 5.88 Å². The molecule has 31 heavy (non-hydrogen) atoms. The third kappa shape index (κ3) is 4.68. The summed E-state index contributed by atoms with van der Waals surface area (Å²) in [6, 6.07) is 12.7. The molecule has 1 aromatic carbocycles. The maximum atomic E-state index is 12.1. The van der Waals surface area contributed by atoms with Crippen LogP contribution >= 0.6 is 0 Å². The highest BCUT2D eigenvalue weighted by molar-refractivity contribution is 7.75. The number of alkyl halides is 3. The first-order valence-electron chi connectivity index (χ1n) is 8.99. The maximum absolute atomic E-state index is 12.1. The summed E-state index contributed by atoms with van der Waals surface area (Å²) < 4.78 is 63.3. The van der Waals surface area contributed by atoms with E-state index >= 15 is 0 Å². The van der Waals surface area contributed by atoms with E-state index < -0.39 is 22.7 Å². The first-order chi connectivity index (χ1) is 14.8. The molecule has 3 heterocycles. The summed E-state index contributed by atoms with van der Waals surface area (Å²) >= 11 is 0. The summed E-state index contributed by atoms with van der Waals surface area (Å²) in [6.45, 7) is 0.0225. The Labute approximate surface area is 174 Å². The third-order valence-corrected chi connectivity index (χ3v) is 5.16. The molecule has 0 aliphatic carbocycles. The zero-order chi connectivity index (χ0) is 22.0. The molecule has 162 valence electrons. The number of fused-ring (bicyclic) bond motifs is 2. The quantitative estimate of drug-likeness (QED) is 0.323. The molecule has 4 rings (SSSR count). The Balaban J connectivity index is 1.44. The van der Waals surface area contributed by atoms with Crippen molar-refractivity contribution in [3.8, 4) is 17.3 Å². The molecule has 3 aromatic heterocycles. The number of hydrogen-bond acceptors (Lipinski definition) is 7. The van der Waals surface area contributed by atoms with E-state index in [1.807, 2.05) is 30.3 Å². The van der Waals surface area contributed by atoms with Crippen LogP contribution < -0.4 is 4.74 Å². The van der Waals surface area contributed by atoms with Crippen molar-refractivity contribution in [3.63, 3.8) is 0 Å². The van der Waals surface area contributed by atoms with Crippen molar-refractivity contribution < 1.29 is 31.3 Å². The Kier molecular flexibility index (Phi) is 5.63. The van der Waals surface area contributed by atoms with E-state index in [4.69, 9.17) is 9.15 Å². The minimum atomic E-state index is -5.13. The Morgan fingerprint density at radius 1 is 1.23 bits per heavy atom. The number of furan rings is 1. The molecule has 0 saturated carbocycles. The number of imidazole rings is 1. The van der Waals surface area contributed by atoms with Crippen LogP contribution in [-0.2, 0) is 19.6 Å². The van der Waals surface area contributed by atoms with Gasteiger partial charge in [-0.1, -0.05) is 24.0 Å². The first-order valence-corrected chi connectivity index (χ1v) is 10.3. The molecule has 1 amide bonds. The van der Waals surface area contributed by atoms with Crippen molar-refractivity contribution in [1.82, 2.24) is 14.6 Å². The lowest BCUT2D eigenvalue weighted by Gasteiger charge is -2.08. The van der Waals surface area contributed by atoms with Gasteiger partial charge in [0, 0.05) is 11.5 Å². The molecular formula is C19H14F3N4O4S-. The fraction of sp³-hybridized carbons (Fsp3) is 0.211. The highest BCUT2D eigenvalue weighted by atomic mass is 32.2. The van der Waals surface area contributed by atoms with Crippen LogP contribution in [0.2, 0.25) is 0 Å². The van der Waals surface area contributed by atoms with Crippen LogP contribution in [-0.4, -0.2) is 39.0 Å². The monoisotopic (exact) mass is 451 g/mol. The number of ether oxygens (including phenoxy) is 1. The number of nitrogens with zero attached hydrogens (tertiary/aromatic N) is 4. The Morgan fingerprint density at radius 2 is 2.03 bits per heavy atom. The molecule has 0 aliphatic heterocycles. The van der Waals surface area contributed by atoms with Gasteiger partial charge in [-0.05, 0) is 24.6 Å². The van der Waals surface area contributed by atoms with Crippen molar-refractivity contribution >= 4 is 33.1 Å². The average Bonchev–Trinajstić information content (AvgIpc) is 3.33. The van der Waals surface area contributed by atoms with Gasteiger partial charge in [0.15, 0.2) is 11.4 Å². The fourth-order valence-electron chi connectivity index (χ4n) is 2.76. The second-order valence-corrected chi connectivity index (χ2v) is 7.59. The molecule has 0 aliphatic rings. The predicted octanol–water partition coefficient (Wildman–Crippen LogP) is 4.15. The molecule has 8 nitrogen and oxygen atoms in total. The minimum absolute atomic E-state index is 0.0225. The van der Waals surface area contributed by atoms with E-state index in [0.717, 1.165) is 11.0 Å². The molecule has 0 atom stereocenters. The number of rotatable bonds is 6. The van der Waals surface area contributed by atoms with Crippen LogP contribution in [0.3, 0.4) is 0 Å². The number of halogens is 3. The van der Waals surface area contributed by atoms with E-state index in [9.17, 15) is 22.2 Å². The van der Waals surface area contributed by atoms with Crippen LogP contribution in [0.15, 0.2) is 57.4 Å². The summed E-state index contributed by atoms with van der Waals surface area (Å²) in [5, 5.41) is 5.28. The SMILES string of the molecule is O=C(N=[S-](=O)CCCOc1ccc2ncc(-c3cc4ccccc4o3)n2n1)C(F)(F)F. The Hall–Kier alpha value is -3.41. The lowest BCUT2D eigenvalue weighted by Crippen LogP contribution is -2.20. The number of carbonyl (C=O) groups excluding carboxylic acids is 1. The van der Waals surface area contributed by atoms with Crippen LogP contribution in [0.25, 0.3) is 28.1 Å². The van der Waals surface area contributed by atoms with E-state index in [2.05, 4.69) is 14.4 Å². The van der Waals surface area contributed by atoms with Gasteiger partial charge in [-0.3, -0.25) is 4.79 Å². The molecule has 0 spiro atoms. The maximum Gasteiger partial charge on any atom is 0.471 e. The molecule has 0 saturated heterocycles. The molecule has 4 aromatic rings. The van der Waals surface area contributed by atoms with Crippen molar-refractivity contribution in [2.24, 2.45) is 4.36 Å².